The third kappa shape index (κ3) is 2.01. The molecule has 0 unspecified atom stereocenters. The SMILES string of the molecule is O=Nc1ccn2c(=O)cc(-c3ccccc3)nc2c1. The van der Waals surface area contributed by atoms with Crippen LogP contribution in [0.3, 0.4) is 0 Å². The molecule has 0 amide bonds. The van der Waals surface area contributed by atoms with Crippen molar-refractivity contribution in [1.82, 2.24) is 9.38 Å². The van der Waals surface area contributed by atoms with Gasteiger partial charge in [-0.2, -0.15) is 0 Å². The van der Waals surface area contributed by atoms with Crippen LogP contribution in [-0.2, 0) is 0 Å². The van der Waals surface area contributed by atoms with Crippen LogP contribution in [0.15, 0.2) is 64.7 Å². The van der Waals surface area contributed by atoms with Gasteiger partial charge in [-0.3, -0.25) is 9.20 Å². The Kier molecular flexibility index (Phi) is 2.64. The summed E-state index contributed by atoms with van der Waals surface area (Å²) in [6.07, 6.45) is 1.50. The highest BCUT2D eigenvalue weighted by molar-refractivity contribution is 5.62. The number of hydrogen-bond acceptors (Lipinski definition) is 4. The quantitative estimate of drug-likeness (QED) is 0.658. The van der Waals surface area contributed by atoms with Gasteiger partial charge in [0.1, 0.15) is 11.3 Å². The van der Waals surface area contributed by atoms with Crippen molar-refractivity contribution >= 4 is 11.3 Å². The van der Waals surface area contributed by atoms with Gasteiger partial charge in [0.2, 0.25) is 0 Å². The van der Waals surface area contributed by atoms with Crippen LogP contribution in [0.4, 0.5) is 5.69 Å². The van der Waals surface area contributed by atoms with Crippen LogP contribution in [0.1, 0.15) is 0 Å². The average molecular weight is 251 g/mol. The fourth-order valence-electron chi connectivity index (χ4n) is 1.91. The predicted molar refractivity (Wildman–Crippen MR) is 72.4 cm³/mol. The third-order valence-electron chi connectivity index (χ3n) is 2.83. The van der Waals surface area contributed by atoms with E-state index in [4.69, 9.17) is 0 Å². The van der Waals surface area contributed by atoms with Crippen molar-refractivity contribution in [2.24, 2.45) is 5.18 Å². The van der Waals surface area contributed by atoms with Crippen LogP contribution in [-0.4, -0.2) is 9.38 Å². The summed E-state index contributed by atoms with van der Waals surface area (Å²) in [5.41, 5.74) is 1.89. The first-order valence-electron chi connectivity index (χ1n) is 5.70. The summed E-state index contributed by atoms with van der Waals surface area (Å²) in [5, 5.41) is 2.85. The smallest absolute Gasteiger partial charge is 0.258 e. The second kappa shape index (κ2) is 4.45. The minimum Gasteiger partial charge on any atom is -0.269 e. The molecule has 0 saturated carbocycles. The summed E-state index contributed by atoms with van der Waals surface area (Å²) >= 11 is 0. The van der Waals surface area contributed by atoms with Gasteiger partial charge >= 0.3 is 0 Å². The average Bonchev–Trinajstić information content (AvgIpc) is 2.47. The van der Waals surface area contributed by atoms with E-state index in [1.54, 1.807) is 0 Å². The van der Waals surface area contributed by atoms with E-state index in [0.717, 1.165) is 5.56 Å². The van der Waals surface area contributed by atoms with Crippen molar-refractivity contribution in [3.8, 4) is 11.3 Å². The maximum atomic E-state index is 12.0. The number of aromatic nitrogens is 2. The molecule has 0 bridgehead atoms. The molecule has 0 radical (unpaired) electrons. The lowest BCUT2D eigenvalue weighted by Crippen LogP contribution is -2.13. The molecule has 3 aromatic rings. The van der Waals surface area contributed by atoms with Gasteiger partial charge in [0.25, 0.3) is 5.56 Å². The maximum Gasteiger partial charge on any atom is 0.258 e. The van der Waals surface area contributed by atoms with Crippen molar-refractivity contribution < 1.29 is 0 Å². The van der Waals surface area contributed by atoms with Crippen LogP contribution >= 0.6 is 0 Å². The number of pyridine rings is 1. The lowest BCUT2D eigenvalue weighted by atomic mass is 10.1. The second-order valence-corrected chi connectivity index (χ2v) is 4.05. The number of benzene rings is 1. The molecular formula is C14H9N3O2. The van der Waals surface area contributed by atoms with E-state index in [9.17, 15) is 9.70 Å². The summed E-state index contributed by atoms with van der Waals surface area (Å²) in [6, 6.07) is 13.8. The molecular weight excluding hydrogens is 242 g/mol. The highest BCUT2D eigenvalue weighted by atomic mass is 16.3. The third-order valence-corrected chi connectivity index (χ3v) is 2.83. The minimum absolute atomic E-state index is 0.193. The van der Waals surface area contributed by atoms with Gasteiger partial charge in [-0.1, -0.05) is 30.3 Å². The van der Waals surface area contributed by atoms with E-state index >= 15 is 0 Å². The fraction of sp³-hybridized carbons (Fsp3) is 0. The first-order valence-corrected chi connectivity index (χ1v) is 5.70. The van der Waals surface area contributed by atoms with Crippen molar-refractivity contribution in [2.75, 3.05) is 0 Å². The molecule has 0 atom stereocenters. The number of fused-ring (bicyclic) bond motifs is 1. The summed E-state index contributed by atoms with van der Waals surface area (Å²) in [4.78, 5) is 26.9. The topological polar surface area (TPSA) is 63.8 Å². The molecule has 0 fully saturated rings. The highest BCUT2D eigenvalue weighted by Crippen LogP contribution is 2.17. The lowest BCUT2D eigenvalue weighted by Gasteiger charge is -2.04. The molecule has 2 heterocycles. The van der Waals surface area contributed by atoms with Gasteiger partial charge < -0.3 is 0 Å². The summed E-state index contributed by atoms with van der Waals surface area (Å²) in [6.45, 7) is 0. The van der Waals surface area contributed by atoms with E-state index in [-0.39, 0.29) is 11.2 Å². The largest absolute Gasteiger partial charge is 0.269 e. The lowest BCUT2D eigenvalue weighted by molar-refractivity contribution is 1.05. The van der Waals surface area contributed by atoms with Crippen molar-refractivity contribution in [3.05, 3.63) is 70.0 Å². The van der Waals surface area contributed by atoms with Crippen LogP contribution in [0, 0.1) is 4.91 Å². The molecule has 5 nitrogen and oxygen atoms in total. The van der Waals surface area contributed by atoms with Crippen molar-refractivity contribution in [1.29, 1.82) is 0 Å². The van der Waals surface area contributed by atoms with E-state index in [2.05, 4.69) is 10.2 Å². The van der Waals surface area contributed by atoms with Crippen molar-refractivity contribution in [3.63, 3.8) is 0 Å². The number of rotatable bonds is 2. The Bertz CT molecular complexity index is 810. The van der Waals surface area contributed by atoms with Crippen LogP contribution in [0.25, 0.3) is 16.9 Å². The monoisotopic (exact) mass is 251 g/mol. The first kappa shape index (κ1) is 11.3. The molecule has 19 heavy (non-hydrogen) atoms. The number of nitrogens with zero attached hydrogens (tertiary/aromatic N) is 3. The standard InChI is InChI=1S/C14H9N3O2/c18-14-9-12(10-4-2-1-3-5-10)15-13-8-11(16-19)6-7-17(13)14/h1-9H. The molecule has 92 valence electrons. The molecule has 5 heteroatoms. The fourth-order valence-corrected chi connectivity index (χ4v) is 1.91. The molecule has 0 spiro atoms. The highest BCUT2D eigenvalue weighted by Gasteiger charge is 2.05. The zero-order valence-corrected chi connectivity index (χ0v) is 9.85. The zero-order chi connectivity index (χ0) is 13.2. The zero-order valence-electron chi connectivity index (χ0n) is 9.85. The summed E-state index contributed by atoms with van der Waals surface area (Å²) < 4.78 is 1.38. The molecule has 3 rings (SSSR count). The Hall–Kier alpha value is -2.82. The van der Waals surface area contributed by atoms with Gasteiger partial charge in [-0.15, -0.1) is 4.91 Å². The van der Waals surface area contributed by atoms with Crippen molar-refractivity contribution in [2.45, 2.75) is 0 Å². The van der Waals surface area contributed by atoms with Crippen LogP contribution in [0.5, 0.6) is 0 Å². The molecule has 0 aliphatic carbocycles. The molecule has 2 aromatic heterocycles. The summed E-state index contributed by atoms with van der Waals surface area (Å²) in [7, 11) is 0. The van der Waals surface area contributed by atoms with Gasteiger partial charge in [0.05, 0.1) is 5.69 Å². The second-order valence-electron chi connectivity index (χ2n) is 4.05. The Morgan fingerprint density at radius 1 is 1.05 bits per heavy atom. The van der Waals surface area contributed by atoms with Gasteiger partial charge in [-0.05, 0) is 11.2 Å². The van der Waals surface area contributed by atoms with Gasteiger partial charge in [-0.25, -0.2) is 4.98 Å². The normalized spacial score (nSPS) is 10.5. The first-order chi connectivity index (χ1) is 9.28. The molecule has 1 aromatic carbocycles. The van der Waals surface area contributed by atoms with E-state index in [1.165, 1.54) is 28.8 Å². The Labute approximate surface area is 108 Å². The molecule has 0 N–H and O–H groups in total. The van der Waals surface area contributed by atoms with Gasteiger partial charge in [0.15, 0.2) is 0 Å². The Balaban J connectivity index is 2.29. The Morgan fingerprint density at radius 3 is 2.58 bits per heavy atom. The maximum absolute atomic E-state index is 12.0. The van der Waals surface area contributed by atoms with E-state index in [0.29, 0.717) is 11.3 Å². The van der Waals surface area contributed by atoms with Gasteiger partial charge in [0, 0.05) is 23.9 Å². The minimum atomic E-state index is -0.193. The Morgan fingerprint density at radius 2 is 1.84 bits per heavy atom. The van der Waals surface area contributed by atoms with Crippen LogP contribution < -0.4 is 5.56 Å². The molecule has 0 aliphatic rings. The summed E-state index contributed by atoms with van der Waals surface area (Å²) in [5.74, 6) is 0. The number of hydrogen-bond donors (Lipinski definition) is 0. The predicted octanol–water partition coefficient (Wildman–Crippen LogP) is 2.76. The number of nitroso groups, excluding NO2 is 1. The van der Waals surface area contributed by atoms with Crippen LogP contribution in [0.2, 0.25) is 0 Å². The molecule has 0 saturated heterocycles. The van der Waals surface area contributed by atoms with E-state index < -0.39 is 0 Å². The van der Waals surface area contributed by atoms with E-state index in [1.807, 2.05) is 30.3 Å². The molecule has 0 aliphatic heterocycles.